The molecule has 0 saturated heterocycles. The number of aliphatic hydroxyl groups excluding tert-OH is 1. The molecule has 1 aromatic rings. The number of carbonyl (C=O) groups excluding carboxylic acids is 1. The van der Waals surface area contributed by atoms with Gasteiger partial charge in [-0.05, 0) is 42.9 Å². The van der Waals surface area contributed by atoms with Crippen LogP contribution >= 0.6 is 0 Å². The fourth-order valence-corrected chi connectivity index (χ4v) is 2.59. The van der Waals surface area contributed by atoms with Crippen LogP contribution in [0.3, 0.4) is 0 Å². The van der Waals surface area contributed by atoms with Crippen LogP contribution in [0, 0.1) is 5.92 Å². The summed E-state index contributed by atoms with van der Waals surface area (Å²) in [7, 11) is 0. The van der Waals surface area contributed by atoms with Crippen LogP contribution in [-0.2, 0) is 10.2 Å². The molecule has 0 aromatic heterocycles. The van der Waals surface area contributed by atoms with Gasteiger partial charge in [-0.15, -0.1) is 0 Å². The molecule has 1 fully saturated rings. The molecule has 1 aliphatic rings. The number of amides is 1. The van der Waals surface area contributed by atoms with Crippen LogP contribution in [0.5, 0.6) is 0 Å². The van der Waals surface area contributed by atoms with Crippen molar-refractivity contribution in [3.05, 3.63) is 29.8 Å². The molecule has 1 aromatic carbocycles. The molecule has 0 heterocycles. The lowest BCUT2D eigenvalue weighted by Gasteiger charge is -2.25. The van der Waals surface area contributed by atoms with Crippen molar-refractivity contribution in [2.75, 3.05) is 12.3 Å². The van der Waals surface area contributed by atoms with E-state index >= 15 is 0 Å². The Morgan fingerprint density at radius 1 is 1.35 bits per heavy atom. The van der Waals surface area contributed by atoms with Crippen molar-refractivity contribution in [3.63, 3.8) is 0 Å². The van der Waals surface area contributed by atoms with Crippen molar-refractivity contribution in [2.45, 2.75) is 44.6 Å². The number of rotatable bonds is 6. The van der Waals surface area contributed by atoms with Gasteiger partial charge in [0.05, 0.1) is 5.41 Å². The average Bonchev–Trinajstić information content (AvgIpc) is 3.20. The Morgan fingerprint density at radius 3 is 2.40 bits per heavy atom. The first-order valence-electron chi connectivity index (χ1n) is 7.27. The highest BCUT2D eigenvalue weighted by Crippen LogP contribution is 2.48. The van der Waals surface area contributed by atoms with Crippen LogP contribution in [0.1, 0.15) is 38.7 Å². The third-order valence-electron chi connectivity index (χ3n) is 4.21. The van der Waals surface area contributed by atoms with Crippen molar-refractivity contribution >= 4 is 11.6 Å². The van der Waals surface area contributed by atoms with E-state index in [2.05, 4.69) is 19.2 Å². The van der Waals surface area contributed by atoms with E-state index < -0.39 is 0 Å². The molecule has 2 rings (SSSR count). The molecule has 20 heavy (non-hydrogen) atoms. The second kappa shape index (κ2) is 5.83. The second-order valence-corrected chi connectivity index (χ2v) is 6.04. The first-order valence-corrected chi connectivity index (χ1v) is 7.27. The fourth-order valence-electron chi connectivity index (χ4n) is 2.59. The quantitative estimate of drug-likeness (QED) is 0.694. The number of carbonyl (C=O) groups is 1. The second-order valence-electron chi connectivity index (χ2n) is 6.04. The van der Waals surface area contributed by atoms with Crippen molar-refractivity contribution in [1.29, 1.82) is 0 Å². The van der Waals surface area contributed by atoms with E-state index in [1.54, 1.807) is 0 Å². The summed E-state index contributed by atoms with van der Waals surface area (Å²) in [5.41, 5.74) is 7.07. The monoisotopic (exact) mass is 276 g/mol. The van der Waals surface area contributed by atoms with Gasteiger partial charge in [0, 0.05) is 18.3 Å². The SMILES string of the molecule is CC(C)C(CCO)NC(=O)C1(c2ccc(N)cc2)CC1. The smallest absolute Gasteiger partial charge is 0.230 e. The maximum atomic E-state index is 12.6. The maximum absolute atomic E-state index is 12.6. The van der Waals surface area contributed by atoms with Crippen LogP contribution in [0.2, 0.25) is 0 Å². The van der Waals surface area contributed by atoms with Gasteiger partial charge in [-0.3, -0.25) is 4.79 Å². The minimum atomic E-state index is -0.379. The summed E-state index contributed by atoms with van der Waals surface area (Å²) in [5, 5.41) is 12.2. The number of nitrogens with two attached hydrogens (primary N) is 1. The highest BCUT2D eigenvalue weighted by molar-refractivity contribution is 5.91. The molecule has 110 valence electrons. The molecule has 4 heteroatoms. The molecule has 0 aliphatic heterocycles. The zero-order valence-electron chi connectivity index (χ0n) is 12.2. The van der Waals surface area contributed by atoms with Gasteiger partial charge in [0.1, 0.15) is 0 Å². The fraction of sp³-hybridized carbons (Fsp3) is 0.562. The lowest BCUT2D eigenvalue weighted by molar-refractivity contribution is -0.124. The Labute approximate surface area is 120 Å². The number of anilines is 1. The Hall–Kier alpha value is -1.55. The van der Waals surface area contributed by atoms with Crippen LogP contribution in [0.15, 0.2) is 24.3 Å². The summed E-state index contributed by atoms with van der Waals surface area (Å²) in [6.45, 7) is 4.21. The summed E-state index contributed by atoms with van der Waals surface area (Å²) in [6, 6.07) is 7.60. The third-order valence-corrected chi connectivity index (χ3v) is 4.21. The zero-order chi connectivity index (χ0) is 14.8. The molecular weight excluding hydrogens is 252 g/mol. The molecular formula is C16H24N2O2. The number of hydrogen-bond acceptors (Lipinski definition) is 3. The lowest BCUT2D eigenvalue weighted by atomic mass is 9.93. The Kier molecular flexibility index (Phi) is 4.33. The van der Waals surface area contributed by atoms with Crippen molar-refractivity contribution < 1.29 is 9.90 Å². The number of nitrogens with one attached hydrogen (secondary N) is 1. The van der Waals surface area contributed by atoms with E-state index in [9.17, 15) is 4.79 Å². The molecule has 4 N–H and O–H groups in total. The summed E-state index contributed by atoms with van der Waals surface area (Å²) < 4.78 is 0. The van der Waals surface area contributed by atoms with Crippen molar-refractivity contribution in [2.24, 2.45) is 5.92 Å². The number of hydrogen-bond donors (Lipinski definition) is 3. The summed E-state index contributed by atoms with van der Waals surface area (Å²) >= 11 is 0. The van der Waals surface area contributed by atoms with Gasteiger partial charge in [0.25, 0.3) is 0 Å². The molecule has 1 unspecified atom stereocenters. The van der Waals surface area contributed by atoms with Crippen LogP contribution in [0.25, 0.3) is 0 Å². The molecule has 4 nitrogen and oxygen atoms in total. The minimum Gasteiger partial charge on any atom is -0.399 e. The lowest BCUT2D eigenvalue weighted by Crippen LogP contribution is -2.44. The summed E-state index contributed by atoms with van der Waals surface area (Å²) in [6.07, 6.45) is 2.36. The van der Waals surface area contributed by atoms with E-state index in [1.807, 2.05) is 24.3 Å². The standard InChI is InChI=1S/C16H24N2O2/c1-11(2)14(7-10-19)18-15(20)16(8-9-16)12-3-5-13(17)6-4-12/h3-6,11,14,19H,7-10,17H2,1-2H3,(H,18,20). The van der Waals surface area contributed by atoms with Crippen LogP contribution in [-0.4, -0.2) is 23.7 Å². The normalized spacial score (nSPS) is 17.8. The van der Waals surface area contributed by atoms with Crippen molar-refractivity contribution in [1.82, 2.24) is 5.32 Å². The molecule has 0 radical (unpaired) electrons. The van der Waals surface area contributed by atoms with Gasteiger partial charge in [-0.1, -0.05) is 26.0 Å². The van der Waals surface area contributed by atoms with Crippen LogP contribution in [0.4, 0.5) is 5.69 Å². The molecule has 0 spiro atoms. The van der Waals surface area contributed by atoms with Crippen LogP contribution < -0.4 is 11.1 Å². The first-order chi connectivity index (χ1) is 9.49. The van der Waals surface area contributed by atoms with Gasteiger partial charge in [0.15, 0.2) is 0 Å². The largest absolute Gasteiger partial charge is 0.399 e. The van der Waals surface area contributed by atoms with Crippen molar-refractivity contribution in [3.8, 4) is 0 Å². The van der Waals surface area contributed by atoms with E-state index in [-0.39, 0.29) is 24.0 Å². The molecule has 1 amide bonds. The highest BCUT2D eigenvalue weighted by Gasteiger charge is 2.51. The minimum absolute atomic E-state index is 0.0266. The van der Waals surface area contributed by atoms with Gasteiger partial charge >= 0.3 is 0 Å². The van der Waals surface area contributed by atoms with E-state index in [0.29, 0.717) is 18.0 Å². The predicted octanol–water partition coefficient (Wildman–Crippen LogP) is 1.82. The molecule has 1 saturated carbocycles. The third kappa shape index (κ3) is 2.96. The molecule has 1 aliphatic carbocycles. The predicted molar refractivity (Wildman–Crippen MR) is 80.2 cm³/mol. The number of benzene rings is 1. The van der Waals surface area contributed by atoms with E-state index in [1.165, 1.54) is 0 Å². The molecule has 0 bridgehead atoms. The number of nitrogen functional groups attached to an aromatic ring is 1. The number of aliphatic hydroxyl groups is 1. The molecule has 1 atom stereocenters. The Morgan fingerprint density at radius 2 is 1.95 bits per heavy atom. The van der Waals surface area contributed by atoms with Gasteiger partial charge in [-0.2, -0.15) is 0 Å². The average molecular weight is 276 g/mol. The maximum Gasteiger partial charge on any atom is 0.230 e. The summed E-state index contributed by atoms with van der Waals surface area (Å²) in [4.78, 5) is 12.6. The van der Waals surface area contributed by atoms with E-state index in [0.717, 1.165) is 18.4 Å². The first kappa shape index (κ1) is 14.9. The zero-order valence-corrected chi connectivity index (χ0v) is 12.2. The highest BCUT2D eigenvalue weighted by atomic mass is 16.3. The van der Waals surface area contributed by atoms with Gasteiger partial charge < -0.3 is 16.2 Å². The topological polar surface area (TPSA) is 75.3 Å². The van der Waals surface area contributed by atoms with Gasteiger partial charge in [0.2, 0.25) is 5.91 Å². The summed E-state index contributed by atoms with van der Waals surface area (Å²) in [5.74, 6) is 0.391. The van der Waals surface area contributed by atoms with E-state index in [4.69, 9.17) is 10.8 Å². The Bertz CT molecular complexity index is 464. The van der Waals surface area contributed by atoms with Gasteiger partial charge in [-0.25, -0.2) is 0 Å². The Balaban J connectivity index is 2.10.